The van der Waals surface area contributed by atoms with Gasteiger partial charge in [-0.2, -0.15) is 4.37 Å². The molecule has 0 atom stereocenters. The van der Waals surface area contributed by atoms with Crippen LogP contribution in [0.2, 0.25) is 0 Å². The van der Waals surface area contributed by atoms with Gasteiger partial charge < -0.3 is 9.64 Å². The SMILES string of the molecule is CCOC(=O)c1cn(-c2ncns2)c2nc(N3CC(ONC)C3)cc(C)c2c1=O. The van der Waals surface area contributed by atoms with Crippen molar-refractivity contribution in [3.63, 3.8) is 0 Å². The van der Waals surface area contributed by atoms with Crippen molar-refractivity contribution in [3.8, 4) is 5.13 Å². The monoisotopic (exact) mass is 416 g/mol. The van der Waals surface area contributed by atoms with Crippen LogP contribution in [0.1, 0.15) is 22.8 Å². The molecule has 10 nitrogen and oxygen atoms in total. The lowest BCUT2D eigenvalue weighted by atomic mass is 10.1. The number of fused-ring (bicyclic) bond motifs is 1. The lowest BCUT2D eigenvalue weighted by molar-refractivity contribution is -0.0262. The van der Waals surface area contributed by atoms with Gasteiger partial charge in [-0.1, -0.05) is 0 Å². The second-order valence-electron chi connectivity index (χ2n) is 6.53. The highest BCUT2D eigenvalue weighted by Crippen LogP contribution is 2.27. The molecule has 3 aromatic heterocycles. The van der Waals surface area contributed by atoms with Gasteiger partial charge in [0.25, 0.3) is 0 Å². The van der Waals surface area contributed by atoms with Crippen LogP contribution in [0.15, 0.2) is 23.4 Å². The van der Waals surface area contributed by atoms with E-state index in [1.54, 1.807) is 18.5 Å². The van der Waals surface area contributed by atoms with Crippen LogP contribution in [-0.4, -0.2) is 57.7 Å². The molecule has 1 aliphatic heterocycles. The molecular formula is C18H20N6O4S. The van der Waals surface area contributed by atoms with E-state index in [1.165, 1.54) is 12.5 Å². The largest absolute Gasteiger partial charge is 0.462 e. The summed E-state index contributed by atoms with van der Waals surface area (Å²) in [5, 5.41) is 0.864. The molecule has 1 N–H and O–H groups in total. The van der Waals surface area contributed by atoms with Gasteiger partial charge in [-0.15, -0.1) is 0 Å². The normalized spacial score (nSPS) is 14.2. The van der Waals surface area contributed by atoms with E-state index in [4.69, 9.17) is 14.6 Å². The third-order valence-electron chi connectivity index (χ3n) is 4.65. The Morgan fingerprint density at radius 3 is 2.86 bits per heavy atom. The van der Waals surface area contributed by atoms with Crippen molar-refractivity contribution < 1.29 is 14.4 Å². The lowest BCUT2D eigenvalue weighted by Crippen LogP contribution is -2.54. The van der Waals surface area contributed by atoms with Crippen molar-refractivity contribution in [2.45, 2.75) is 20.0 Å². The number of rotatable bonds is 6. The first kappa shape index (κ1) is 19.4. The van der Waals surface area contributed by atoms with Crippen LogP contribution in [0.4, 0.5) is 5.82 Å². The molecule has 11 heteroatoms. The maximum atomic E-state index is 13.1. The molecule has 152 valence electrons. The maximum Gasteiger partial charge on any atom is 0.343 e. The molecule has 0 radical (unpaired) electrons. The number of carbonyl (C=O) groups is 1. The first-order valence-electron chi connectivity index (χ1n) is 9.12. The molecule has 1 saturated heterocycles. The smallest absolute Gasteiger partial charge is 0.343 e. The highest BCUT2D eigenvalue weighted by Gasteiger charge is 2.30. The van der Waals surface area contributed by atoms with Gasteiger partial charge in [-0.05, 0) is 25.5 Å². The van der Waals surface area contributed by atoms with Crippen molar-refractivity contribution in [1.82, 2.24) is 24.4 Å². The molecule has 1 aliphatic rings. The van der Waals surface area contributed by atoms with E-state index < -0.39 is 11.4 Å². The summed E-state index contributed by atoms with van der Waals surface area (Å²) in [6.45, 7) is 5.07. The zero-order valence-corrected chi connectivity index (χ0v) is 17.0. The van der Waals surface area contributed by atoms with E-state index >= 15 is 0 Å². The van der Waals surface area contributed by atoms with Crippen molar-refractivity contribution in [2.24, 2.45) is 0 Å². The Labute approximate surface area is 170 Å². The fraction of sp³-hybridized carbons (Fsp3) is 0.389. The maximum absolute atomic E-state index is 13.1. The fourth-order valence-corrected chi connectivity index (χ4v) is 3.79. The number of hydrogen-bond acceptors (Lipinski definition) is 10. The number of aromatic nitrogens is 4. The molecular weight excluding hydrogens is 396 g/mol. The van der Waals surface area contributed by atoms with Crippen LogP contribution in [-0.2, 0) is 9.57 Å². The van der Waals surface area contributed by atoms with Gasteiger partial charge >= 0.3 is 5.97 Å². The lowest BCUT2D eigenvalue weighted by Gasteiger charge is -2.39. The Balaban J connectivity index is 1.88. The number of esters is 1. The Kier molecular flexibility index (Phi) is 5.26. The summed E-state index contributed by atoms with van der Waals surface area (Å²) in [7, 11) is 1.73. The van der Waals surface area contributed by atoms with Crippen molar-refractivity contribution in [1.29, 1.82) is 0 Å². The second-order valence-corrected chi connectivity index (χ2v) is 7.29. The minimum absolute atomic E-state index is 0.0568. The van der Waals surface area contributed by atoms with Gasteiger partial charge in [0.15, 0.2) is 5.65 Å². The van der Waals surface area contributed by atoms with Gasteiger partial charge in [-0.25, -0.2) is 20.2 Å². The first-order valence-corrected chi connectivity index (χ1v) is 9.89. The van der Waals surface area contributed by atoms with E-state index in [1.807, 2.05) is 13.0 Å². The predicted molar refractivity (Wildman–Crippen MR) is 108 cm³/mol. The first-order chi connectivity index (χ1) is 14.0. The third kappa shape index (κ3) is 3.48. The van der Waals surface area contributed by atoms with Crippen LogP contribution in [0.3, 0.4) is 0 Å². The average Bonchev–Trinajstić information content (AvgIpc) is 3.18. The number of hydrogen-bond donors (Lipinski definition) is 1. The number of anilines is 1. The molecule has 0 amide bonds. The van der Waals surface area contributed by atoms with Crippen molar-refractivity contribution in [3.05, 3.63) is 39.9 Å². The van der Waals surface area contributed by atoms with E-state index in [-0.39, 0.29) is 18.3 Å². The molecule has 4 rings (SSSR count). The van der Waals surface area contributed by atoms with Gasteiger partial charge in [0.2, 0.25) is 10.6 Å². The summed E-state index contributed by atoms with van der Waals surface area (Å²) in [5.74, 6) is 0.0587. The molecule has 0 aliphatic carbocycles. The summed E-state index contributed by atoms with van der Waals surface area (Å²) in [6.07, 6.45) is 2.93. The fourth-order valence-electron chi connectivity index (χ4n) is 3.28. The van der Waals surface area contributed by atoms with Gasteiger partial charge in [0.05, 0.1) is 12.0 Å². The van der Waals surface area contributed by atoms with Gasteiger partial charge in [0, 0.05) is 37.9 Å². The Hall–Kier alpha value is -2.89. The molecule has 3 aromatic rings. The summed E-state index contributed by atoms with van der Waals surface area (Å²) < 4.78 is 10.7. The predicted octanol–water partition coefficient (Wildman–Crippen LogP) is 1.06. The Bertz CT molecular complexity index is 1110. The Morgan fingerprint density at radius 2 is 2.21 bits per heavy atom. The van der Waals surface area contributed by atoms with Crippen LogP contribution in [0, 0.1) is 6.92 Å². The molecule has 4 heterocycles. The number of nitrogens with one attached hydrogen (secondary N) is 1. The van der Waals surface area contributed by atoms with E-state index in [2.05, 4.69) is 19.7 Å². The molecule has 0 unspecified atom stereocenters. The zero-order valence-electron chi connectivity index (χ0n) is 16.2. The number of nitrogens with zero attached hydrogens (tertiary/aromatic N) is 5. The van der Waals surface area contributed by atoms with Gasteiger partial charge in [0.1, 0.15) is 23.8 Å². The quantitative estimate of drug-likeness (QED) is 0.466. The summed E-state index contributed by atoms with van der Waals surface area (Å²) in [4.78, 5) is 41.8. The van der Waals surface area contributed by atoms with E-state index in [0.29, 0.717) is 29.3 Å². The summed E-state index contributed by atoms with van der Waals surface area (Å²) in [5.41, 5.74) is 3.37. The van der Waals surface area contributed by atoms with Crippen molar-refractivity contribution in [2.75, 3.05) is 31.6 Å². The number of hydroxylamine groups is 1. The number of ether oxygens (including phenoxy) is 1. The van der Waals surface area contributed by atoms with Gasteiger partial charge in [-0.3, -0.25) is 14.2 Å². The standard InChI is InChI=1S/C18H20N6O4S/c1-4-27-17(26)12-8-24(18-20-9-21-29-18)16-14(15(12)25)10(2)5-13(22-16)23-6-11(7-23)28-19-3/h5,8-9,11,19H,4,6-7H2,1-3H3. The molecule has 1 fully saturated rings. The van der Waals surface area contributed by atoms with E-state index in [0.717, 1.165) is 22.9 Å². The number of aryl methyl sites for hydroxylation is 1. The van der Waals surface area contributed by atoms with Crippen LogP contribution >= 0.6 is 11.5 Å². The molecule has 0 bridgehead atoms. The van der Waals surface area contributed by atoms with Crippen LogP contribution in [0.25, 0.3) is 16.2 Å². The highest BCUT2D eigenvalue weighted by atomic mass is 32.1. The number of carbonyl (C=O) groups excluding carboxylic acids is 1. The minimum Gasteiger partial charge on any atom is -0.462 e. The summed E-state index contributed by atoms with van der Waals surface area (Å²) >= 11 is 1.14. The molecule has 0 saturated carbocycles. The van der Waals surface area contributed by atoms with Crippen LogP contribution in [0.5, 0.6) is 0 Å². The topological polar surface area (TPSA) is 111 Å². The third-order valence-corrected chi connectivity index (χ3v) is 5.31. The molecule has 0 spiro atoms. The Morgan fingerprint density at radius 1 is 1.41 bits per heavy atom. The highest BCUT2D eigenvalue weighted by molar-refractivity contribution is 7.08. The number of pyridine rings is 2. The molecule has 0 aromatic carbocycles. The second kappa shape index (κ2) is 7.85. The molecule has 29 heavy (non-hydrogen) atoms. The van der Waals surface area contributed by atoms with E-state index in [9.17, 15) is 9.59 Å². The van der Waals surface area contributed by atoms with Crippen LogP contribution < -0.4 is 15.8 Å². The zero-order chi connectivity index (χ0) is 20.5. The minimum atomic E-state index is -0.670. The summed E-state index contributed by atoms with van der Waals surface area (Å²) in [6, 6.07) is 1.85. The van der Waals surface area contributed by atoms with Crippen molar-refractivity contribution >= 4 is 34.4 Å². The average molecular weight is 416 g/mol.